The first-order valence-corrected chi connectivity index (χ1v) is 10.1. The van der Waals surface area contributed by atoms with Gasteiger partial charge < -0.3 is 10.2 Å². The van der Waals surface area contributed by atoms with E-state index in [0.29, 0.717) is 37.6 Å². The molecule has 10 heteroatoms. The Morgan fingerprint density at radius 2 is 1.84 bits per heavy atom. The molecule has 1 N–H and O–H groups in total. The summed E-state index contributed by atoms with van der Waals surface area (Å²) < 4.78 is 40.1. The number of halogens is 4. The lowest BCUT2D eigenvalue weighted by Gasteiger charge is -2.32. The van der Waals surface area contributed by atoms with Crippen molar-refractivity contribution in [1.29, 1.82) is 0 Å². The highest BCUT2D eigenvalue weighted by atomic mass is 35.5. The van der Waals surface area contributed by atoms with Gasteiger partial charge in [-0.3, -0.25) is 4.79 Å². The van der Waals surface area contributed by atoms with Crippen molar-refractivity contribution in [3.63, 3.8) is 0 Å². The maximum Gasteiger partial charge on any atom is 0.417 e. The number of nitrogens with one attached hydrogen (secondary N) is 1. The highest BCUT2D eigenvalue weighted by Gasteiger charge is 2.33. The van der Waals surface area contributed by atoms with Gasteiger partial charge in [-0.1, -0.05) is 29.8 Å². The fourth-order valence-corrected chi connectivity index (χ4v) is 3.80. The van der Waals surface area contributed by atoms with Crippen LogP contribution >= 0.6 is 11.6 Å². The highest BCUT2D eigenvalue weighted by Crippen LogP contribution is 2.34. The van der Waals surface area contributed by atoms with Gasteiger partial charge in [0.25, 0.3) is 0 Å². The van der Waals surface area contributed by atoms with Crippen molar-refractivity contribution in [3.05, 3.63) is 65.4 Å². The Kier molecular flexibility index (Phi) is 5.86. The SMILES string of the molecule is O=C(Nc1ccn(-c2ccccc2)n1)C1CCN(c2ncc(C(F)(F)F)cc2Cl)CC1. The molecule has 2 aromatic heterocycles. The van der Waals surface area contributed by atoms with Crippen LogP contribution in [0.25, 0.3) is 5.69 Å². The number of carbonyl (C=O) groups excluding carboxylic acids is 1. The average Bonchev–Trinajstić information content (AvgIpc) is 3.22. The zero-order chi connectivity index (χ0) is 22.0. The van der Waals surface area contributed by atoms with Crippen LogP contribution in [0.3, 0.4) is 0 Å². The molecule has 0 bridgehead atoms. The average molecular weight is 450 g/mol. The molecule has 3 aromatic rings. The van der Waals surface area contributed by atoms with E-state index in [0.717, 1.165) is 18.0 Å². The van der Waals surface area contributed by atoms with Gasteiger partial charge in [-0.2, -0.15) is 18.3 Å². The van der Waals surface area contributed by atoms with Crippen LogP contribution in [0.4, 0.5) is 24.8 Å². The number of amides is 1. The topological polar surface area (TPSA) is 63.1 Å². The van der Waals surface area contributed by atoms with Crippen molar-refractivity contribution in [2.45, 2.75) is 19.0 Å². The molecular weight excluding hydrogens is 431 g/mol. The predicted octanol–water partition coefficient (Wildman–Crippen LogP) is 4.79. The number of pyridine rings is 1. The molecule has 0 atom stereocenters. The highest BCUT2D eigenvalue weighted by molar-refractivity contribution is 6.33. The first-order chi connectivity index (χ1) is 14.8. The first kappa shape index (κ1) is 21.2. The molecule has 0 saturated carbocycles. The van der Waals surface area contributed by atoms with E-state index in [-0.39, 0.29) is 16.8 Å². The van der Waals surface area contributed by atoms with Gasteiger partial charge in [0, 0.05) is 37.5 Å². The van der Waals surface area contributed by atoms with Crippen molar-refractivity contribution >= 4 is 29.1 Å². The smallest absolute Gasteiger partial charge is 0.355 e. The molecule has 1 fully saturated rings. The van der Waals surface area contributed by atoms with E-state index in [1.807, 2.05) is 30.3 Å². The summed E-state index contributed by atoms with van der Waals surface area (Å²) in [5.74, 6) is 0.398. The number of piperidine rings is 1. The molecule has 0 spiro atoms. The Balaban J connectivity index is 1.35. The van der Waals surface area contributed by atoms with Gasteiger partial charge in [-0.25, -0.2) is 9.67 Å². The lowest BCUT2D eigenvalue weighted by Crippen LogP contribution is -2.38. The van der Waals surface area contributed by atoms with E-state index in [1.165, 1.54) is 0 Å². The predicted molar refractivity (Wildman–Crippen MR) is 111 cm³/mol. The molecular formula is C21H19ClF3N5O. The molecule has 162 valence electrons. The molecule has 1 saturated heterocycles. The van der Waals surface area contributed by atoms with Crippen LogP contribution < -0.4 is 10.2 Å². The number of anilines is 2. The summed E-state index contributed by atoms with van der Waals surface area (Å²) in [6, 6.07) is 12.2. The quantitative estimate of drug-likeness (QED) is 0.621. The number of para-hydroxylation sites is 1. The van der Waals surface area contributed by atoms with Crippen molar-refractivity contribution in [3.8, 4) is 5.69 Å². The second kappa shape index (κ2) is 8.58. The first-order valence-electron chi connectivity index (χ1n) is 9.71. The zero-order valence-electron chi connectivity index (χ0n) is 16.3. The number of hydrogen-bond donors (Lipinski definition) is 1. The zero-order valence-corrected chi connectivity index (χ0v) is 17.1. The van der Waals surface area contributed by atoms with Gasteiger partial charge in [0.05, 0.1) is 16.3 Å². The third kappa shape index (κ3) is 4.82. The summed E-state index contributed by atoms with van der Waals surface area (Å²) >= 11 is 6.03. The van der Waals surface area contributed by atoms with Crippen LogP contribution in [0.2, 0.25) is 5.02 Å². The van der Waals surface area contributed by atoms with Crippen LogP contribution in [-0.2, 0) is 11.0 Å². The maximum atomic E-state index is 12.8. The summed E-state index contributed by atoms with van der Waals surface area (Å²) in [4.78, 5) is 18.3. The fourth-order valence-electron chi connectivity index (χ4n) is 3.52. The van der Waals surface area contributed by atoms with Gasteiger partial charge in [0.1, 0.15) is 5.82 Å². The number of aromatic nitrogens is 3. The van der Waals surface area contributed by atoms with Crippen LogP contribution in [-0.4, -0.2) is 33.8 Å². The van der Waals surface area contributed by atoms with Crippen LogP contribution in [0, 0.1) is 5.92 Å². The molecule has 3 heterocycles. The Labute approximate surface area is 181 Å². The molecule has 1 aliphatic rings. The van der Waals surface area contributed by atoms with Gasteiger partial charge >= 0.3 is 6.18 Å². The Morgan fingerprint density at radius 3 is 2.48 bits per heavy atom. The number of rotatable bonds is 4. The third-order valence-corrected chi connectivity index (χ3v) is 5.45. The van der Waals surface area contributed by atoms with Gasteiger partial charge in [-0.15, -0.1) is 0 Å². The van der Waals surface area contributed by atoms with E-state index < -0.39 is 11.7 Å². The molecule has 6 nitrogen and oxygen atoms in total. The maximum absolute atomic E-state index is 12.8. The van der Waals surface area contributed by atoms with Crippen molar-refractivity contribution < 1.29 is 18.0 Å². The van der Waals surface area contributed by atoms with E-state index in [4.69, 9.17) is 11.6 Å². The standard InChI is InChI=1S/C21H19ClF3N5O/c22-17-12-15(21(23,24)25)13-26-19(17)29-9-6-14(7-10-29)20(31)27-18-8-11-30(28-18)16-4-2-1-3-5-16/h1-5,8,11-14H,6-7,9-10H2,(H,27,28,31). The minimum Gasteiger partial charge on any atom is -0.355 e. The van der Waals surface area contributed by atoms with Gasteiger partial charge in [0.2, 0.25) is 5.91 Å². The summed E-state index contributed by atoms with van der Waals surface area (Å²) in [5.41, 5.74) is 0.00248. The molecule has 0 radical (unpaired) electrons. The number of carbonyl (C=O) groups is 1. The third-order valence-electron chi connectivity index (χ3n) is 5.18. The second-order valence-corrected chi connectivity index (χ2v) is 7.67. The van der Waals surface area contributed by atoms with Crippen LogP contribution in [0.5, 0.6) is 0 Å². The molecule has 31 heavy (non-hydrogen) atoms. The van der Waals surface area contributed by atoms with Gasteiger partial charge in [0.15, 0.2) is 5.82 Å². The monoisotopic (exact) mass is 449 g/mol. The number of nitrogens with zero attached hydrogens (tertiary/aromatic N) is 4. The largest absolute Gasteiger partial charge is 0.417 e. The van der Waals surface area contributed by atoms with Crippen LogP contribution in [0.1, 0.15) is 18.4 Å². The summed E-state index contributed by atoms with van der Waals surface area (Å²) in [7, 11) is 0. The van der Waals surface area contributed by atoms with Crippen molar-refractivity contribution in [2.24, 2.45) is 5.92 Å². The van der Waals surface area contributed by atoms with E-state index in [2.05, 4.69) is 15.4 Å². The minimum absolute atomic E-state index is 0.0517. The van der Waals surface area contributed by atoms with Crippen molar-refractivity contribution in [2.75, 3.05) is 23.3 Å². The summed E-state index contributed by atoms with van der Waals surface area (Å²) in [6.45, 7) is 0.934. The Hall–Kier alpha value is -3.07. The normalized spacial score (nSPS) is 15.2. The van der Waals surface area contributed by atoms with E-state index >= 15 is 0 Å². The summed E-state index contributed by atoms with van der Waals surface area (Å²) in [6.07, 6.45) is -0.878. The number of alkyl halides is 3. The number of benzene rings is 1. The van der Waals surface area contributed by atoms with E-state index in [9.17, 15) is 18.0 Å². The molecule has 1 aliphatic heterocycles. The second-order valence-electron chi connectivity index (χ2n) is 7.26. The molecule has 4 rings (SSSR count). The lowest BCUT2D eigenvalue weighted by molar-refractivity contribution is -0.137. The minimum atomic E-state index is -4.49. The Morgan fingerprint density at radius 1 is 1.13 bits per heavy atom. The van der Waals surface area contributed by atoms with Crippen LogP contribution in [0.15, 0.2) is 54.9 Å². The Bertz CT molecular complexity index is 1060. The van der Waals surface area contributed by atoms with Crippen molar-refractivity contribution in [1.82, 2.24) is 14.8 Å². The fraction of sp³-hybridized carbons (Fsp3) is 0.286. The van der Waals surface area contributed by atoms with E-state index in [1.54, 1.807) is 21.8 Å². The van der Waals surface area contributed by atoms with Gasteiger partial charge in [-0.05, 0) is 31.0 Å². The number of hydrogen-bond acceptors (Lipinski definition) is 4. The molecule has 1 amide bonds. The lowest BCUT2D eigenvalue weighted by atomic mass is 9.96. The summed E-state index contributed by atoms with van der Waals surface area (Å²) in [5, 5.41) is 7.16. The molecule has 1 aromatic carbocycles. The molecule has 0 aliphatic carbocycles. The molecule has 0 unspecified atom stereocenters.